The van der Waals surface area contributed by atoms with E-state index in [2.05, 4.69) is 57.5 Å². The van der Waals surface area contributed by atoms with Crippen molar-refractivity contribution in [1.82, 2.24) is 15.0 Å². The molecule has 0 amide bonds. The van der Waals surface area contributed by atoms with E-state index < -0.39 is 0 Å². The Balaban J connectivity index is 0.000000164. The van der Waals surface area contributed by atoms with Gasteiger partial charge in [-0.25, -0.2) is 0 Å². The molecule has 0 fully saturated rings. The van der Waals surface area contributed by atoms with Crippen molar-refractivity contribution in [1.29, 1.82) is 0 Å². The molecule has 0 spiro atoms. The van der Waals surface area contributed by atoms with E-state index in [4.69, 9.17) is 0 Å². The van der Waals surface area contributed by atoms with Crippen molar-refractivity contribution in [2.75, 3.05) is 0 Å². The number of benzene rings is 2. The Labute approximate surface area is 204 Å². The minimum Gasteiger partial charge on any atom is -0.360 e. The van der Waals surface area contributed by atoms with Gasteiger partial charge in [0.15, 0.2) is 0 Å². The number of hydrogen-bond acceptors (Lipinski definition) is 4. The Hall–Kier alpha value is -3.24. The van der Waals surface area contributed by atoms with Gasteiger partial charge in [0.25, 0.3) is 0 Å². The molecule has 0 aliphatic rings. The molecule has 0 aliphatic carbocycles. The normalized spacial score (nSPS) is 10.2. The largest absolute Gasteiger partial charge is 0.360 e. The fourth-order valence-corrected chi connectivity index (χ4v) is 4.38. The Kier molecular flexibility index (Phi) is 7.13. The van der Waals surface area contributed by atoms with Crippen molar-refractivity contribution in [2.24, 2.45) is 0 Å². The summed E-state index contributed by atoms with van der Waals surface area (Å²) in [6.07, 6.45) is 8.43. The molecule has 4 aromatic heterocycles. The van der Waals surface area contributed by atoms with Crippen molar-refractivity contribution in [2.45, 2.75) is 0 Å². The van der Waals surface area contributed by atoms with Gasteiger partial charge in [-0.05, 0) is 40.5 Å². The Morgan fingerprint density at radius 2 is 1.50 bits per heavy atom. The van der Waals surface area contributed by atoms with Gasteiger partial charge in [-0.2, -0.15) is 0 Å². The van der Waals surface area contributed by atoms with Crippen LogP contribution in [-0.2, 0) is 20.1 Å². The van der Waals surface area contributed by atoms with Gasteiger partial charge in [-0.1, -0.05) is 42.6 Å². The van der Waals surface area contributed by atoms with E-state index in [9.17, 15) is 0 Å². The molecule has 6 aromatic rings. The van der Waals surface area contributed by atoms with Crippen molar-refractivity contribution in [3.63, 3.8) is 0 Å². The first-order chi connectivity index (χ1) is 15.4. The molecule has 0 atom stereocenters. The summed E-state index contributed by atoms with van der Waals surface area (Å²) in [4.78, 5) is 12.8. The summed E-state index contributed by atoms with van der Waals surface area (Å²) in [6, 6.07) is 31.3. The molecule has 4 heterocycles. The molecule has 0 saturated heterocycles. The fourth-order valence-electron chi connectivity index (χ4n) is 3.32. The van der Waals surface area contributed by atoms with Gasteiger partial charge in [-0.3, -0.25) is 0 Å². The first-order valence-electron chi connectivity index (χ1n) is 9.87. The van der Waals surface area contributed by atoms with Crippen LogP contribution in [0.25, 0.3) is 42.7 Å². The first kappa shape index (κ1) is 22.0. The van der Waals surface area contributed by atoms with Gasteiger partial charge >= 0.3 is 0 Å². The third kappa shape index (κ3) is 4.81. The van der Waals surface area contributed by atoms with E-state index in [0.717, 1.165) is 22.5 Å². The Bertz CT molecular complexity index is 1380. The smallest absolute Gasteiger partial charge is 0.0521 e. The van der Waals surface area contributed by atoms with E-state index in [-0.39, 0.29) is 20.1 Å². The number of nitrogens with zero attached hydrogens (tertiary/aromatic N) is 3. The van der Waals surface area contributed by atoms with Gasteiger partial charge in [0, 0.05) is 37.2 Å². The number of hydrogen-bond donors (Lipinski definition) is 0. The van der Waals surface area contributed by atoms with Crippen molar-refractivity contribution in [3.8, 4) is 22.5 Å². The van der Waals surface area contributed by atoms with E-state index >= 15 is 0 Å². The van der Waals surface area contributed by atoms with Crippen LogP contribution in [0.4, 0.5) is 0 Å². The third-order valence-electron chi connectivity index (χ3n) is 4.80. The summed E-state index contributed by atoms with van der Waals surface area (Å²) >= 11 is 1.78. The molecule has 6 rings (SSSR count). The maximum absolute atomic E-state index is 4.51. The quantitative estimate of drug-likeness (QED) is 0.202. The number of thiophene rings is 1. The zero-order valence-corrected chi connectivity index (χ0v) is 20.1. The summed E-state index contributed by atoms with van der Waals surface area (Å²) in [5.41, 5.74) is 3.86. The standard InChI is InChI=1S/C16H9N2S.C11H8N.Ir/c1-2-6-15-12(5-1)13-8-14(18-10-16(13)19-15)11-4-3-7-17-9-11;1-2-6-10(7-3-1)11-8-4-5-9-12-11;/h1-8,10H;1-6,8-9H;/q2*-1;. The van der Waals surface area contributed by atoms with Crippen molar-refractivity contribution < 1.29 is 20.1 Å². The van der Waals surface area contributed by atoms with Gasteiger partial charge in [0.1, 0.15) is 0 Å². The summed E-state index contributed by atoms with van der Waals surface area (Å²) in [5.74, 6) is 0. The zero-order chi connectivity index (χ0) is 20.9. The van der Waals surface area contributed by atoms with Crippen LogP contribution in [0.3, 0.4) is 0 Å². The predicted molar refractivity (Wildman–Crippen MR) is 128 cm³/mol. The molecule has 1 radical (unpaired) electrons. The Morgan fingerprint density at radius 3 is 2.28 bits per heavy atom. The molecular weight excluding hydrogens is 591 g/mol. The summed E-state index contributed by atoms with van der Waals surface area (Å²) in [7, 11) is 0. The summed E-state index contributed by atoms with van der Waals surface area (Å²) in [6.45, 7) is 0. The van der Waals surface area contributed by atoms with Crippen LogP contribution in [0.1, 0.15) is 0 Å². The average molecular weight is 608 g/mol. The van der Waals surface area contributed by atoms with Crippen molar-refractivity contribution in [3.05, 3.63) is 116 Å². The number of rotatable bonds is 2. The number of pyridine rings is 3. The second kappa shape index (κ2) is 10.4. The maximum atomic E-state index is 4.51. The minimum atomic E-state index is 0. The zero-order valence-electron chi connectivity index (χ0n) is 16.9. The third-order valence-corrected chi connectivity index (χ3v) is 5.92. The monoisotopic (exact) mass is 608 g/mol. The van der Waals surface area contributed by atoms with Crippen LogP contribution in [0, 0.1) is 12.3 Å². The van der Waals surface area contributed by atoms with Gasteiger partial charge in [0.05, 0.1) is 4.70 Å². The number of fused-ring (bicyclic) bond motifs is 3. The van der Waals surface area contributed by atoms with Gasteiger partial charge in [0.2, 0.25) is 0 Å². The van der Waals surface area contributed by atoms with Gasteiger partial charge < -0.3 is 15.0 Å². The summed E-state index contributed by atoms with van der Waals surface area (Å²) < 4.78 is 2.51. The second-order valence-electron chi connectivity index (χ2n) is 6.82. The molecule has 157 valence electrons. The maximum Gasteiger partial charge on any atom is 0.0521 e. The van der Waals surface area contributed by atoms with Crippen LogP contribution in [0.15, 0.2) is 104 Å². The predicted octanol–water partition coefficient (Wildman–Crippen LogP) is 6.86. The molecule has 0 saturated carbocycles. The molecule has 2 aromatic carbocycles. The van der Waals surface area contributed by atoms with Crippen LogP contribution in [-0.4, -0.2) is 15.0 Å². The molecule has 0 unspecified atom stereocenters. The second-order valence-corrected chi connectivity index (χ2v) is 7.90. The van der Waals surface area contributed by atoms with Gasteiger partial charge in [-0.15, -0.1) is 64.9 Å². The molecule has 0 bridgehead atoms. The van der Waals surface area contributed by atoms with Crippen molar-refractivity contribution >= 4 is 31.5 Å². The van der Waals surface area contributed by atoms with E-state index in [1.165, 1.54) is 20.2 Å². The Morgan fingerprint density at radius 1 is 0.656 bits per heavy atom. The summed E-state index contributed by atoms with van der Waals surface area (Å²) in [5, 5.41) is 2.54. The average Bonchev–Trinajstić information content (AvgIpc) is 3.24. The van der Waals surface area contributed by atoms with Crippen LogP contribution >= 0.6 is 11.3 Å². The van der Waals surface area contributed by atoms with E-state index in [1.54, 1.807) is 23.7 Å². The number of aromatic nitrogens is 3. The fraction of sp³-hybridized carbons (Fsp3) is 0. The molecule has 0 aliphatic heterocycles. The van der Waals surface area contributed by atoms with Crippen LogP contribution < -0.4 is 0 Å². The molecule has 32 heavy (non-hydrogen) atoms. The van der Waals surface area contributed by atoms with E-state index in [0.29, 0.717) is 0 Å². The van der Waals surface area contributed by atoms with E-state index in [1.807, 2.05) is 60.8 Å². The van der Waals surface area contributed by atoms with Crippen LogP contribution in [0.5, 0.6) is 0 Å². The van der Waals surface area contributed by atoms with Crippen LogP contribution in [0.2, 0.25) is 0 Å². The first-order valence-corrected chi connectivity index (χ1v) is 10.7. The topological polar surface area (TPSA) is 38.7 Å². The molecular formula is C27H17IrN3S-2. The minimum absolute atomic E-state index is 0. The SMILES string of the molecule is [Ir].[c-]1ccccc1-c1ccccn1.[c-]1ncccc1-c1cc2c(cn1)sc1ccccc12. The molecule has 3 nitrogen and oxygen atoms in total. The molecule has 5 heteroatoms. The molecule has 0 N–H and O–H groups in total.